The van der Waals surface area contributed by atoms with Gasteiger partial charge in [0.05, 0.1) is 6.61 Å². The molecule has 30 heavy (non-hydrogen) atoms. The molecule has 3 atom stereocenters. The van der Waals surface area contributed by atoms with Crippen LogP contribution in [0.3, 0.4) is 0 Å². The SMILES string of the molecule is CCCCOc1ccc(C(=O)NCC(=O)OCC(=O)N[C@H]2CCC[C@@H](C)[C@@H]2C)cc1. The van der Waals surface area contributed by atoms with Crippen LogP contribution in [0.5, 0.6) is 5.75 Å². The van der Waals surface area contributed by atoms with Crippen molar-refractivity contribution in [3.05, 3.63) is 29.8 Å². The van der Waals surface area contributed by atoms with Crippen molar-refractivity contribution in [1.29, 1.82) is 0 Å². The fourth-order valence-electron chi connectivity index (χ4n) is 3.52. The van der Waals surface area contributed by atoms with Crippen molar-refractivity contribution >= 4 is 17.8 Å². The second-order valence-electron chi connectivity index (χ2n) is 8.01. The monoisotopic (exact) mass is 418 g/mol. The molecule has 1 aromatic carbocycles. The summed E-state index contributed by atoms with van der Waals surface area (Å²) in [5, 5.41) is 5.46. The minimum Gasteiger partial charge on any atom is -0.494 e. The first kappa shape index (κ1) is 23.7. The van der Waals surface area contributed by atoms with Gasteiger partial charge in [-0.05, 0) is 48.9 Å². The summed E-state index contributed by atoms with van der Waals surface area (Å²) in [6.07, 6.45) is 5.24. The first-order chi connectivity index (χ1) is 14.4. The van der Waals surface area contributed by atoms with E-state index in [1.807, 2.05) is 0 Å². The molecule has 2 amide bonds. The molecule has 2 rings (SSSR count). The van der Waals surface area contributed by atoms with Gasteiger partial charge in [0.1, 0.15) is 12.3 Å². The first-order valence-corrected chi connectivity index (χ1v) is 10.9. The summed E-state index contributed by atoms with van der Waals surface area (Å²) in [5.74, 6) is 0.330. The number of hydrogen-bond acceptors (Lipinski definition) is 5. The number of hydrogen-bond donors (Lipinski definition) is 2. The average Bonchev–Trinajstić information content (AvgIpc) is 2.74. The van der Waals surface area contributed by atoms with E-state index >= 15 is 0 Å². The van der Waals surface area contributed by atoms with Gasteiger partial charge in [0.2, 0.25) is 0 Å². The summed E-state index contributed by atoms with van der Waals surface area (Å²) in [7, 11) is 0. The van der Waals surface area contributed by atoms with E-state index in [0.717, 1.165) is 25.7 Å². The van der Waals surface area contributed by atoms with Gasteiger partial charge in [-0.3, -0.25) is 14.4 Å². The van der Waals surface area contributed by atoms with Crippen molar-refractivity contribution in [3.63, 3.8) is 0 Å². The summed E-state index contributed by atoms with van der Waals surface area (Å²) in [4.78, 5) is 36.1. The number of nitrogens with one attached hydrogen (secondary N) is 2. The predicted molar refractivity (Wildman–Crippen MR) is 114 cm³/mol. The molecule has 1 aliphatic carbocycles. The van der Waals surface area contributed by atoms with Crippen LogP contribution in [-0.2, 0) is 14.3 Å². The lowest BCUT2D eigenvalue weighted by atomic mass is 9.78. The highest BCUT2D eigenvalue weighted by atomic mass is 16.5. The zero-order valence-electron chi connectivity index (χ0n) is 18.2. The van der Waals surface area contributed by atoms with Gasteiger partial charge in [-0.25, -0.2) is 0 Å². The highest BCUT2D eigenvalue weighted by molar-refractivity contribution is 5.96. The molecule has 0 unspecified atom stereocenters. The third kappa shape index (κ3) is 7.69. The molecule has 2 N–H and O–H groups in total. The topological polar surface area (TPSA) is 93.7 Å². The molecule has 0 spiro atoms. The van der Waals surface area contributed by atoms with Gasteiger partial charge in [0.15, 0.2) is 6.61 Å². The molecule has 7 heteroatoms. The maximum atomic E-state index is 12.1. The third-order valence-electron chi connectivity index (χ3n) is 5.69. The standard InChI is InChI=1S/C23H34N2O5/c1-4-5-13-29-19-11-9-18(10-12-19)23(28)24-14-22(27)30-15-21(26)25-20-8-6-7-16(2)17(20)3/h9-12,16-17,20H,4-8,13-15H2,1-3H3,(H,24,28)(H,25,26)/t16-,17+,20+/m1/s1. The number of esters is 1. The summed E-state index contributed by atoms with van der Waals surface area (Å²) in [6.45, 7) is 6.43. The van der Waals surface area contributed by atoms with Gasteiger partial charge in [-0.2, -0.15) is 0 Å². The van der Waals surface area contributed by atoms with Gasteiger partial charge in [0.25, 0.3) is 11.8 Å². The lowest BCUT2D eigenvalue weighted by molar-refractivity contribution is -0.147. The quantitative estimate of drug-likeness (QED) is 0.450. The fraction of sp³-hybridized carbons (Fsp3) is 0.609. The molecule has 166 valence electrons. The van der Waals surface area contributed by atoms with Gasteiger partial charge >= 0.3 is 5.97 Å². The third-order valence-corrected chi connectivity index (χ3v) is 5.69. The molecule has 0 radical (unpaired) electrons. The Morgan fingerprint density at radius 3 is 2.53 bits per heavy atom. The Labute approximate surface area is 178 Å². The van der Waals surface area contributed by atoms with Crippen molar-refractivity contribution in [2.45, 2.75) is 58.9 Å². The van der Waals surface area contributed by atoms with Crippen LogP contribution in [0.25, 0.3) is 0 Å². The van der Waals surface area contributed by atoms with E-state index in [2.05, 4.69) is 31.4 Å². The van der Waals surface area contributed by atoms with Gasteiger partial charge in [0, 0.05) is 11.6 Å². The van der Waals surface area contributed by atoms with E-state index in [-0.39, 0.29) is 31.0 Å². The Morgan fingerprint density at radius 1 is 1.10 bits per heavy atom. The maximum Gasteiger partial charge on any atom is 0.325 e. The lowest BCUT2D eigenvalue weighted by Gasteiger charge is -2.34. The molecule has 1 fully saturated rings. The number of amides is 2. The van der Waals surface area contributed by atoms with Crippen LogP contribution in [-0.4, -0.2) is 43.6 Å². The Balaban J connectivity index is 1.67. The second kappa shape index (κ2) is 12.2. The minimum absolute atomic E-state index is 0.119. The fourth-order valence-corrected chi connectivity index (χ4v) is 3.52. The molecule has 0 bridgehead atoms. The van der Waals surface area contributed by atoms with Crippen molar-refractivity contribution < 1.29 is 23.9 Å². The van der Waals surface area contributed by atoms with Crippen LogP contribution in [0, 0.1) is 11.8 Å². The van der Waals surface area contributed by atoms with E-state index < -0.39 is 5.97 Å². The minimum atomic E-state index is -0.650. The molecular weight excluding hydrogens is 384 g/mol. The van der Waals surface area contributed by atoms with E-state index in [4.69, 9.17) is 9.47 Å². The first-order valence-electron chi connectivity index (χ1n) is 10.9. The number of carbonyl (C=O) groups excluding carboxylic acids is 3. The summed E-state index contributed by atoms with van der Waals surface area (Å²) < 4.78 is 10.5. The number of benzene rings is 1. The largest absolute Gasteiger partial charge is 0.494 e. The molecule has 0 heterocycles. The van der Waals surface area contributed by atoms with Crippen LogP contribution in [0.2, 0.25) is 0 Å². The molecule has 1 aromatic rings. The zero-order valence-corrected chi connectivity index (χ0v) is 18.2. The Hall–Kier alpha value is -2.57. The summed E-state index contributed by atoms with van der Waals surface area (Å²) >= 11 is 0. The smallest absolute Gasteiger partial charge is 0.325 e. The lowest BCUT2D eigenvalue weighted by Crippen LogP contribution is -2.45. The molecule has 7 nitrogen and oxygen atoms in total. The summed E-state index contributed by atoms with van der Waals surface area (Å²) in [5.41, 5.74) is 0.420. The van der Waals surface area contributed by atoms with Crippen molar-refractivity contribution in [2.24, 2.45) is 11.8 Å². The normalized spacial score (nSPS) is 20.8. The van der Waals surface area contributed by atoms with Crippen LogP contribution < -0.4 is 15.4 Å². The molecule has 0 aliphatic heterocycles. The summed E-state index contributed by atoms with van der Waals surface area (Å²) in [6, 6.07) is 6.85. The predicted octanol–water partition coefficient (Wildman–Crippen LogP) is 3.08. The highest BCUT2D eigenvalue weighted by Crippen LogP contribution is 2.29. The van der Waals surface area contributed by atoms with Crippen molar-refractivity contribution in [3.8, 4) is 5.75 Å². The number of ether oxygens (including phenoxy) is 2. The highest BCUT2D eigenvalue weighted by Gasteiger charge is 2.28. The maximum absolute atomic E-state index is 12.1. The van der Waals surface area contributed by atoms with Gasteiger partial charge in [-0.1, -0.05) is 40.0 Å². The van der Waals surface area contributed by atoms with Crippen LogP contribution in [0.4, 0.5) is 0 Å². The number of unbranched alkanes of at least 4 members (excludes halogenated alkanes) is 1. The van der Waals surface area contributed by atoms with Gasteiger partial charge in [-0.15, -0.1) is 0 Å². The molecule has 0 aromatic heterocycles. The van der Waals surface area contributed by atoms with E-state index in [1.54, 1.807) is 24.3 Å². The van der Waals surface area contributed by atoms with Crippen LogP contribution >= 0.6 is 0 Å². The van der Waals surface area contributed by atoms with Crippen LogP contribution in [0.15, 0.2) is 24.3 Å². The molecule has 1 aliphatic rings. The molecule has 0 saturated heterocycles. The Kier molecular flexibility index (Phi) is 9.64. The second-order valence-corrected chi connectivity index (χ2v) is 8.01. The van der Waals surface area contributed by atoms with Crippen molar-refractivity contribution in [1.82, 2.24) is 10.6 Å². The van der Waals surface area contributed by atoms with E-state index in [0.29, 0.717) is 29.8 Å². The van der Waals surface area contributed by atoms with Crippen LogP contribution in [0.1, 0.15) is 63.2 Å². The van der Waals surface area contributed by atoms with Crippen molar-refractivity contribution in [2.75, 3.05) is 19.8 Å². The Bertz CT molecular complexity index is 704. The molecule has 1 saturated carbocycles. The number of rotatable bonds is 10. The van der Waals surface area contributed by atoms with E-state index in [1.165, 1.54) is 6.42 Å². The average molecular weight is 419 g/mol. The van der Waals surface area contributed by atoms with E-state index in [9.17, 15) is 14.4 Å². The van der Waals surface area contributed by atoms with Gasteiger partial charge < -0.3 is 20.1 Å². The number of carbonyl (C=O) groups is 3. The molecular formula is C23H34N2O5. The zero-order chi connectivity index (χ0) is 21.9. The Morgan fingerprint density at radius 2 is 1.83 bits per heavy atom.